The lowest BCUT2D eigenvalue weighted by atomic mass is 9.87. The largest absolute Gasteiger partial charge is 0.497 e. The van der Waals surface area contributed by atoms with Gasteiger partial charge in [-0.15, -0.1) is 0 Å². The van der Waals surface area contributed by atoms with Gasteiger partial charge in [-0.3, -0.25) is 9.59 Å². The van der Waals surface area contributed by atoms with Crippen LogP contribution in [0.5, 0.6) is 11.5 Å². The van der Waals surface area contributed by atoms with Crippen molar-refractivity contribution in [2.75, 3.05) is 34.4 Å². The lowest BCUT2D eigenvalue weighted by molar-refractivity contribution is -0.134. The van der Waals surface area contributed by atoms with Gasteiger partial charge in [-0.25, -0.2) is 0 Å². The predicted molar refractivity (Wildman–Crippen MR) is 136 cm³/mol. The van der Waals surface area contributed by atoms with Gasteiger partial charge >= 0.3 is 0 Å². The smallest absolute Gasteiger partial charge is 0.253 e. The van der Waals surface area contributed by atoms with Crippen molar-refractivity contribution in [1.82, 2.24) is 9.80 Å². The maximum Gasteiger partial charge on any atom is 0.253 e. The predicted octanol–water partition coefficient (Wildman–Crippen LogP) is 4.87. The zero-order chi connectivity index (χ0) is 24.9. The van der Waals surface area contributed by atoms with E-state index in [0.29, 0.717) is 41.7 Å². The van der Waals surface area contributed by atoms with Crippen molar-refractivity contribution >= 4 is 23.4 Å². The van der Waals surface area contributed by atoms with Gasteiger partial charge in [0.25, 0.3) is 5.91 Å². The molecular weight excluding hydrogens is 464 g/mol. The van der Waals surface area contributed by atoms with Gasteiger partial charge in [-0.2, -0.15) is 0 Å². The molecule has 0 unspecified atom stereocenters. The molecule has 1 fully saturated rings. The number of hydrogen-bond donors (Lipinski definition) is 0. The molecule has 1 aliphatic heterocycles. The number of ether oxygens (including phenoxy) is 2. The van der Waals surface area contributed by atoms with E-state index in [1.54, 1.807) is 55.3 Å². The van der Waals surface area contributed by atoms with Gasteiger partial charge in [0.1, 0.15) is 11.5 Å². The molecule has 0 N–H and O–H groups in total. The van der Waals surface area contributed by atoms with E-state index in [-0.39, 0.29) is 17.7 Å². The number of carbonyl (C=O) groups excluding carboxylic acids is 2. The highest BCUT2D eigenvalue weighted by molar-refractivity contribution is 6.30. The molecule has 2 atom stereocenters. The standard InChI is InChI=1S/C28H29ClN2O4/c1-30(16-19-7-5-4-6-8-19)28(33)25-18-31(27(32)20-9-11-21(29)12-10-20)17-24(25)23-15-22(34-2)13-14-26(23)35-3/h4-15,24-25H,16-18H2,1-3H3/t24-,25-/m0/s1. The van der Waals surface area contributed by atoms with Crippen LogP contribution in [0, 0.1) is 5.92 Å². The fourth-order valence-corrected chi connectivity index (χ4v) is 4.78. The minimum Gasteiger partial charge on any atom is -0.497 e. The Hall–Kier alpha value is -3.51. The van der Waals surface area contributed by atoms with Crippen LogP contribution >= 0.6 is 11.6 Å². The molecular formula is C28H29ClN2O4. The molecule has 1 heterocycles. The first kappa shape index (κ1) is 24.6. The summed E-state index contributed by atoms with van der Waals surface area (Å²) in [5, 5.41) is 0.567. The molecule has 0 spiro atoms. The zero-order valence-electron chi connectivity index (χ0n) is 20.1. The van der Waals surface area contributed by atoms with Crippen LogP contribution in [0.3, 0.4) is 0 Å². The average Bonchev–Trinajstić information content (AvgIpc) is 3.33. The maximum atomic E-state index is 13.7. The summed E-state index contributed by atoms with van der Waals surface area (Å²) < 4.78 is 11.1. The molecule has 4 rings (SSSR count). The second-order valence-corrected chi connectivity index (χ2v) is 9.15. The molecule has 2 amide bonds. The molecule has 0 radical (unpaired) electrons. The van der Waals surface area contributed by atoms with Crippen LogP contribution in [0.25, 0.3) is 0 Å². The summed E-state index contributed by atoms with van der Waals surface area (Å²) in [6.07, 6.45) is 0. The minimum absolute atomic E-state index is 0.0184. The van der Waals surface area contributed by atoms with E-state index in [1.807, 2.05) is 48.5 Å². The summed E-state index contributed by atoms with van der Waals surface area (Å²) in [5.74, 6) is 0.514. The quantitative estimate of drug-likeness (QED) is 0.472. The van der Waals surface area contributed by atoms with Crippen LogP contribution in [0.2, 0.25) is 5.02 Å². The lowest BCUT2D eigenvalue weighted by Crippen LogP contribution is -2.36. The summed E-state index contributed by atoms with van der Waals surface area (Å²) >= 11 is 6.01. The zero-order valence-corrected chi connectivity index (χ0v) is 20.9. The number of halogens is 1. The summed E-state index contributed by atoms with van der Waals surface area (Å²) in [4.78, 5) is 30.6. The molecule has 6 nitrogen and oxygen atoms in total. The molecule has 3 aromatic carbocycles. The minimum atomic E-state index is -0.430. The Labute approximate surface area is 211 Å². The normalized spacial score (nSPS) is 17.2. The van der Waals surface area contributed by atoms with Crippen molar-refractivity contribution < 1.29 is 19.1 Å². The highest BCUT2D eigenvalue weighted by Crippen LogP contribution is 2.40. The first-order chi connectivity index (χ1) is 16.9. The fraction of sp³-hybridized carbons (Fsp3) is 0.286. The van der Waals surface area contributed by atoms with Crippen LogP contribution in [0.4, 0.5) is 0 Å². The Morgan fingerprint density at radius 2 is 1.69 bits per heavy atom. The Balaban J connectivity index is 1.66. The number of amides is 2. The number of likely N-dealkylation sites (tertiary alicyclic amines) is 1. The molecule has 0 aliphatic carbocycles. The van der Waals surface area contributed by atoms with Gasteiger partial charge < -0.3 is 19.3 Å². The monoisotopic (exact) mass is 492 g/mol. The van der Waals surface area contributed by atoms with Gasteiger partial charge in [0, 0.05) is 48.7 Å². The van der Waals surface area contributed by atoms with Crippen LogP contribution in [0.1, 0.15) is 27.4 Å². The van der Waals surface area contributed by atoms with Crippen LogP contribution in [-0.4, -0.2) is 56.0 Å². The molecule has 0 bridgehead atoms. The molecule has 7 heteroatoms. The lowest BCUT2D eigenvalue weighted by Gasteiger charge is -2.25. The third-order valence-corrected chi connectivity index (χ3v) is 6.74. The molecule has 35 heavy (non-hydrogen) atoms. The first-order valence-corrected chi connectivity index (χ1v) is 11.8. The average molecular weight is 493 g/mol. The van der Waals surface area contributed by atoms with Gasteiger partial charge in [0.05, 0.1) is 20.1 Å². The Bertz CT molecular complexity index is 1180. The fourth-order valence-electron chi connectivity index (χ4n) is 4.66. The first-order valence-electron chi connectivity index (χ1n) is 11.5. The molecule has 0 aromatic heterocycles. The summed E-state index contributed by atoms with van der Waals surface area (Å²) in [6, 6.07) is 22.2. The van der Waals surface area contributed by atoms with Crippen LogP contribution in [-0.2, 0) is 11.3 Å². The molecule has 3 aromatic rings. The Kier molecular flexibility index (Phi) is 7.61. The Morgan fingerprint density at radius 3 is 2.34 bits per heavy atom. The third kappa shape index (κ3) is 5.43. The van der Waals surface area contributed by atoms with E-state index in [1.165, 1.54) is 0 Å². The van der Waals surface area contributed by atoms with Crippen molar-refractivity contribution in [2.24, 2.45) is 5.92 Å². The molecule has 1 saturated heterocycles. The molecule has 182 valence electrons. The van der Waals surface area contributed by atoms with Crippen LogP contribution in [0.15, 0.2) is 72.8 Å². The van der Waals surface area contributed by atoms with E-state index in [4.69, 9.17) is 21.1 Å². The molecule has 1 aliphatic rings. The Morgan fingerprint density at radius 1 is 0.971 bits per heavy atom. The highest BCUT2D eigenvalue weighted by Gasteiger charge is 2.43. The van der Waals surface area contributed by atoms with Gasteiger partial charge in [0.2, 0.25) is 5.91 Å². The third-order valence-electron chi connectivity index (χ3n) is 6.49. The van der Waals surface area contributed by atoms with Gasteiger partial charge in [-0.05, 0) is 48.0 Å². The summed E-state index contributed by atoms with van der Waals surface area (Å²) in [5.41, 5.74) is 2.44. The van der Waals surface area contributed by atoms with Crippen molar-refractivity contribution in [3.05, 3.63) is 94.5 Å². The van der Waals surface area contributed by atoms with Crippen molar-refractivity contribution in [1.29, 1.82) is 0 Å². The van der Waals surface area contributed by atoms with Gasteiger partial charge in [-0.1, -0.05) is 41.9 Å². The number of hydrogen-bond acceptors (Lipinski definition) is 4. The highest BCUT2D eigenvalue weighted by atomic mass is 35.5. The van der Waals surface area contributed by atoms with E-state index < -0.39 is 5.92 Å². The number of benzene rings is 3. The van der Waals surface area contributed by atoms with Gasteiger partial charge in [0.15, 0.2) is 0 Å². The van der Waals surface area contributed by atoms with E-state index in [2.05, 4.69) is 0 Å². The SMILES string of the molecule is COc1ccc(OC)c([C@@H]2CN(C(=O)c3ccc(Cl)cc3)C[C@@H]2C(=O)N(C)Cc2ccccc2)c1. The maximum absolute atomic E-state index is 13.7. The number of carbonyl (C=O) groups is 2. The van der Waals surface area contributed by atoms with Crippen molar-refractivity contribution in [3.8, 4) is 11.5 Å². The van der Waals surface area contributed by atoms with Crippen molar-refractivity contribution in [3.63, 3.8) is 0 Å². The van der Waals surface area contributed by atoms with E-state index >= 15 is 0 Å². The second-order valence-electron chi connectivity index (χ2n) is 8.72. The van der Waals surface area contributed by atoms with Crippen LogP contribution < -0.4 is 9.47 Å². The summed E-state index contributed by atoms with van der Waals surface area (Å²) in [7, 11) is 5.01. The number of rotatable bonds is 7. The molecule has 0 saturated carbocycles. The topological polar surface area (TPSA) is 59.1 Å². The van der Waals surface area contributed by atoms with E-state index in [9.17, 15) is 9.59 Å². The second kappa shape index (κ2) is 10.8. The summed E-state index contributed by atoms with van der Waals surface area (Å²) in [6.45, 7) is 1.19. The number of nitrogens with zero attached hydrogens (tertiary/aromatic N) is 2. The van der Waals surface area contributed by atoms with Crippen molar-refractivity contribution in [2.45, 2.75) is 12.5 Å². The number of methoxy groups -OCH3 is 2. The van der Waals surface area contributed by atoms with E-state index in [0.717, 1.165) is 11.1 Å².